The molecule has 0 aromatic rings. The molecule has 1 nitrogen and oxygen atoms in total. The highest BCUT2D eigenvalue weighted by Gasteiger charge is 2.78. The van der Waals surface area contributed by atoms with Crippen LogP contribution >= 0.6 is 0 Å². The summed E-state index contributed by atoms with van der Waals surface area (Å²) in [7, 11) is 0. The summed E-state index contributed by atoms with van der Waals surface area (Å²) in [5, 5.41) is 0. The Morgan fingerprint density at radius 2 is 1.36 bits per heavy atom. The van der Waals surface area contributed by atoms with Crippen LogP contribution in [0.25, 0.3) is 0 Å². The van der Waals surface area contributed by atoms with Gasteiger partial charge in [0, 0.05) is 5.41 Å². The summed E-state index contributed by atoms with van der Waals surface area (Å²) in [4.78, 5) is 14.2. The standard InChI is InChI=1S/C32H48O/c1-18-10-12-30-16-24(18)28(6,7)26(30)23(14-20(30)3)32(22(5)33)15-21(4)31-13-11-19(2)25(17-31)29(8,9)27(31)32/h20-21,23-27H,1-2,10-17H2,3-9H3. The lowest BCUT2D eigenvalue weighted by atomic mass is 9.51. The molecule has 2 spiro atoms. The lowest BCUT2D eigenvalue weighted by Gasteiger charge is -2.52. The minimum atomic E-state index is -0.152. The fraction of sp³-hybridized carbons (Fsp3) is 0.844. The molecule has 182 valence electrons. The molecule has 0 N–H and O–H groups in total. The molecule has 1 heteroatoms. The highest BCUT2D eigenvalue weighted by atomic mass is 16.1. The number of allylic oxidation sites excluding steroid dienone is 2. The van der Waals surface area contributed by atoms with Gasteiger partial charge >= 0.3 is 0 Å². The normalized spacial score (nSPS) is 55.5. The van der Waals surface area contributed by atoms with E-state index in [1.54, 1.807) is 0 Å². The van der Waals surface area contributed by atoms with Crippen LogP contribution in [0.5, 0.6) is 0 Å². The maximum atomic E-state index is 14.2. The molecular weight excluding hydrogens is 400 g/mol. The zero-order valence-corrected chi connectivity index (χ0v) is 22.5. The third-order valence-electron chi connectivity index (χ3n) is 14.0. The lowest BCUT2D eigenvalue weighted by molar-refractivity contribution is -0.142. The summed E-state index contributed by atoms with van der Waals surface area (Å²) in [5.74, 6) is 4.87. The van der Waals surface area contributed by atoms with E-state index in [2.05, 4.69) is 54.7 Å². The highest BCUT2D eigenvalue weighted by molar-refractivity contribution is 5.84. The Labute approximate surface area is 203 Å². The van der Waals surface area contributed by atoms with Crippen LogP contribution in [-0.2, 0) is 4.79 Å². The zero-order valence-electron chi connectivity index (χ0n) is 22.5. The first kappa shape index (κ1) is 22.6. The number of fused-ring (bicyclic) bond motifs is 2. The van der Waals surface area contributed by atoms with Crippen molar-refractivity contribution in [3.63, 3.8) is 0 Å². The predicted molar refractivity (Wildman–Crippen MR) is 137 cm³/mol. The fourth-order valence-electron chi connectivity index (χ4n) is 13.1. The first-order valence-corrected chi connectivity index (χ1v) is 14.1. The Hall–Kier alpha value is -0.850. The second-order valence-corrected chi connectivity index (χ2v) is 15.3. The van der Waals surface area contributed by atoms with Gasteiger partial charge in [0.15, 0.2) is 0 Å². The lowest BCUT2D eigenvalue weighted by Crippen LogP contribution is -2.51. The van der Waals surface area contributed by atoms with Crippen molar-refractivity contribution in [2.75, 3.05) is 0 Å². The molecule has 33 heavy (non-hydrogen) atoms. The topological polar surface area (TPSA) is 17.1 Å². The van der Waals surface area contributed by atoms with E-state index in [1.165, 1.54) is 56.1 Å². The van der Waals surface area contributed by atoms with Crippen LogP contribution in [0, 0.1) is 68.5 Å². The molecule has 6 fully saturated rings. The van der Waals surface area contributed by atoms with Gasteiger partial charge in [-0.3, -0.25) is 4.79 Å². The molecule has 10 unspecified atom stereocenters. The summed E-state index contributed by atoms with van der Waals surface area (Å²) < 4.78 is 0. The van der Waals surface area contributed by atoms with Crippen LogP contribution in [0.3, 0.4) is 0 Å². The molecule has 10 atom stereocenters. The van der Waals surface area contributed by atoms with E-state index in [-0.39, 0.29) is 16.2 Å². The summed E-state index contributed by atoms with van der Waals surface area (Å²) in [6.07, 6.45) is 10.0. The third kappa shape index (κ3) is 2.26. The van der Waals surface area contributed by atoms with Gasteiger partial charge in [0.2, 0.25) is 0 Å². The number of carbonyl (C=O) groups is 1. The quantitative estimate of drug-likeness (QED) is 0.389. The Morgan fingerprint density at radius 3 is 1.97 bits per heavy atom. The Bertz CT molecular complexity index is 952. The van der Waals surface area contributed by atoms with Crippen molar-refractivity contribution in [2.24, 2.45) is 68.5 Å². The van der Waals surface area contributed by atoms with Gasteiger partial charge < -0.3 is 0 Å². The molecule has 6 saturated carbocycles. The fourth-order valence-corrected chi connectivity index (χ4v) is 13.1. The van der Waals surface area contributed by atoms with Crippen molar-refractivity contribution in [2.45, 2.75) is 99.8 Å². The molecule has 0 aromatic carbocycles. The minimum absolute atomic E-state index is 0.152. The smallest absolute Gasteiger partial charge is 0.136 e. The number of rotatable bonds is 2. The third-order valence-corrected chi connectivity index (χ3v) is 14.0. The van der Waals surface area contributed by atoms with Crippen LogP contribution < -0.4 is 0 Å². The number of hydrogen-bond acceptors (Lipinski definition) is 1. The van der Waals surface area contributed by atoms with Crippen LogP contribution in [0.4, 0.5) is 0 Å². The van der Waals surface area contributed by atoms with Gasteiger partial charge in [-0.1, -0.05) is 65.8 Å². The van der Waals surface area contributed by atoms with Crippen LogP contribution in [-0.4, -0.2) is 5.78 Å². The van der Waals surface area contributed by atoms with E-state index in [9.17, 15) is 4.79 Å². The van der Waals surface area contributed by atoms with Crippen molar-refractivity contribution >= 4 is 5.78 Å². The monoisotopic (exact) mass is 448 g/mol. The average Bonchev–Trinajstić information content (AvgIpc) is 3.30. The molecular formula is C32H48O. The second-order valence-electron chi connectivity index (χ2n) is 15.3. The Kier molecular flexibility index (Phi) is 4.30. The van der Waals surface area contributed by atoms with Gasteiger partial charge in [-0.25, -0.2) is 0 Å². The number of ketones is 1. The molecule has 6 aliphatic carbocycles. The molecule has 0 radical (unpaired) electrons. The van der Waals surface area contributed by atoms with Crippen molar-refractivity contribution in [3.8, 4) is 0 Å². The van der Waals surface area contributed by atoms with E-state index >= 15 is 0 Å². The maximum absolute atomic E-state index is 14.2. The van der Waals surface area contributed by atoms with E-state index < -0.39 is 0 Å². The van der Waals surface area contributed by atoms with E-state index in [0.717, 1.165) is 12.3 Å². The summed E-state index contributed by atoms with van der Waals surface area (Å²) in [6.45, 7) is 26.4. The number of hydrogen-bond donors (Lipinski definition) is 0. The van der Waals surface area contributed by atoms with Gasteiger partial charge in [0.05, 0.1) is 0 Å². The summed E-state index contributed by atoms with van der Waals surface area (Å²) >= 11 is 0. The minimum Gasteiger partial charge on any atom is -0.299 e. The second kappa shape index (κ2) is 6.28. The van der Waals surface area contributed by atoms with Crippen molar-refractivity contribution in [1.29, 1.82) is 0 Å². The largest absolute Gasteiger partial charge is 0.299 e. The number of Topliss-reactive ketones (excluding diaryl/α,β-unsaturated/α-hetero) is 1. The highest BCUT2D eigenvalue weighted by Crippen LogP contribution is 2.83. The molecule has 0 aliphatic heterocycles. The molecule has 0 aromatic heterocycles. The van der Waals surface area contributed by atoms with Gasteiger partial charge in [-0.15, -0.1) is 0 Å². The zero-order chi connectivity index (χ0) is 23.9. The van der Waals surface area contributed by atoms with Crippen LogP contribution in [0.1, 0.15) is 99.8 Å². The van der Waals surface area contributed by atoms with Crippen LogP contribution in [0.2, 0.25) is 0 Å². The summed E-state index contributed by atoms with van der Waals surface area (Å²) in [6, 6.07) is 0. The number of carbonyl (C=O) groups excluding carboxylic acids is 1. The van der Waals surface area contributed by atoms with Crippen molar-refractivity contribution in [1.82, 2.24) is 0 Å². The molecule has 0 heterocycles. The van der Waals surface area contributed by atoms with Gasteiger partial charge in [0.1, 0.15) is 5.78 Å². The van der Waals surface area contributed by atoms with Gasteiger partial charge in [-0.05, 0) is 121 Å². The van der Waals surface area contributed by atoms with E-state index in [0.29, 0.717) is 52.1 Å². The average molecular weight is 449 g/mol. The molecule has 0 amide bonds. The van der Waals surface area contributed by atoms with E-state index in [4.69, 9.17) is 0 Å². The summed E-state index contributed by atoms with van der Waals surface area (Å²) in [5.41, 5.74) is 4.04. The first-order valence-electron chi connectivity index (χ1n) is 14.1. The SMILES string of the molecule is C=C1CCC23CC1C(C)(C)C2C(C1(C(C)=O)CC(C)C24CCC(=C)C(C2)C(C)(C)C41)CC3C. The van der Waals surface area contributed by atoms with Gasteiger partial charge in [-0.2, -0.15) is 0 Å². The molecule has 6 aliphatic rings. The maximum Gasteiger partial charge on any atom is 0.136 e. The first-order chi connectivity index (χ1) is 15.3. The van der Waals surface area contributed by atoms with Crippen molar-refractivity contribution < 1.29 is 4.79 Å². The predicted octanol–water partition coefficient (Wildman–Crippen LogP) is 8.26. The van der Waals surface area contributed by atoms with Gasteiger partial charge in [0.25, 0.3) is 0 Å². The molecule has 0 saturated heterocycles. The Morgan fingerprint density at radius 1 is 0.818 bits per heavy atom. The molecule has 4 bridgehead atoms. The Balaban J connectivity index is 1.56. The van der Waals surface area contributed by atoms with Crippen molar-refractivity contribution in [3.05, 3.63) is 24.3 Å². The van der Waals surface area contributed by atoms with Crippen LogP contribution in [0.15, 0.2) is 24.3 Å². The van der Waals surface area contributed by atoms with E-state index in [1.807, 2.05) is 6.92 Å². The molecule has 6 rings (SSSR count).